The topological polar surface area (TPSA) is 92.3 Å². The molecule has 36 heavy (non-hydrogen) atoms. The highest BCUT2D eigenvalue weighted by molar-refractivity contribution is 7.80. The molecule has 0 aromatic heterocycles. The number of hydrazine groups is 1. The molecule has 1 heterocycles. The Morgan fingerprint density at radius 2 is 1.81 bits per heavy atom. The number of benzene rings is 3. The van der Waals surface area contributed by atoms with Gasteiger partial charge in [-0.3, -0.25) is 10.2 Å². The minimum Gasteiger partial charge on any atom is -0.481 e. The fourth-order valence-electron chi connectivity index (χ4n) is 3.46. The van der Waals surface area contributed by atoms with Gasteiger partial charge in [0.15, 0.2) is 17.6 Å². The zero-order valence-electron chi connectivity index (χ0n) is 19.7. The van der Waals surface area contributed by atoms with Crippen molar-refractivity contribution in [1.29, 1.82) is 0 Å². The van der Waals surface area contributed by atoms with Gasteiger partial charge in [-0.1, -0.05) is 60.7 Å². The summed E-state index contributed by atoms with van der Waals surface area (Å²) in [6, 6.07) is 24.1. The minimum atomic E-state index is -0.510. The van der Waals surface area contributed by atoms with Gasteiger partial charge in [-0.05, 0) is 49.0 Å². The molecule has 0 radical (unpaired) electrons. The smallest absolute Gasteiger partial charge is 0.343 e. The summed E-state index contributed by atoms with van der Waals surface area (Å²) in [7, 11) is 1.29. The quantitative estimate of drug-likeness (QED) is 0.287. The van der Waals surface area contributed by atoms with E-state index >= 15 is 0 Å². The largest absolute Gasteiger partial charge is 0.481 e. The van der Waals surface area contributed by atoms with Crippen molar-refractivity contribution in [3.05, 3.63) is 101 Å². The van der Waals surface area contributed by atoms with Crippen LogP contribution in [0, 0.1) is 6.92 Å². The van der Waals surface area contributed by atoms with Crippen LogP contribution in [-0.4, -0.2) is 41.6 Å². The van der Waals surface area contributed by atoms with Crippen molar-refractivity contribution in [1.82, 2.24) is 10.4 Å². The summed E-state index contributed by atoms with van der Waals surface area (Å²) < 4.78 is 10.2. The lowest BCUT2D eigenvalue weighted by atomic mass is 10.1. The van der Waals surface area contributed by atoms with E-state index in [0.717, 1.165) is 16.8 Å². The van der Waals surface area contributed by atoms with Gasteiger partial charge in [-0.2, -0.15) is 5.01 Å². The Hall–Kier alpha value is -4.50. The molecule has 0 atom stereocenters. The van der Waals surface area contributed by atoms with Gasteiger partial charge in [0.2, 0.25) is 0 Å². The Labute approximate surface area is 214 Å². The van der Waals surface area contributed by atoms with Gasteiger partial charge in [0.05, 0.1) is 7.11 Å². The van der Waals surface area contributed by atoms with Crippen molar-refractivity contribution in [3.63, 3.8) is 0 Å². The molecule has 1 amide bonds. The number of nitrogens with one attached hydrogen (secondary N) is 2. The zero-order chi connectivity index (χ0) is 25.5. The van der Waals surface area contributed by atoms with Crippen molar-refractivity contribution in [2.45, 2.75) is 6.92 Å². The molecule has 0 aliphatic carbocycles. The highest BCUT2D eigenvalue weighted by Crippen LogP contribution is 2.25. The second-order valence-electron chi connectivity index (χ2n) is 7.81. The molecule has 0 unspecified atom stereocenters. The number of thiocarbonyl (C=S) groups is 1. The normalized spacial score (nSPS) is 13.8. The van der Waals surface area contributed by atoms with Crippen molar-refractivity contribution in [3.8, 4) is 5.75 Å². The Morgan fingerprint density at radius 3 is 2.56 bits per heavy atom. The van der Waals surface area contributed by atoms with E-state index in [1.807, 2.05) is 61.5 Å². The van der Waals surface area contributed by atoms with Crippen molar-refractivity contribution >= 4 is 46.8 Å². The van der Waals surface area contributed by atoms with Gasteiger partial charge in [0.1, 0.15) is 11.4 Å². The molecule has 9 heteroatoms. The second-order valence-corrected chi connectivity index (χ2v) is 8.22. The van der Waals surface area contributed by atoms with Crippen LogP contribution < -0.4 is 15.5 Å². The standard InChI is InChI=1S/C27H24N4O4S/c1-18-9-8-13-21(15-18)28-27(36)30-31-25(19-10-4-3-5-11-19)29-22(26(31)33)16-20-12-6-7-14-23(20)35-17-24(32)34-2/h3-16H,17H2,1-2H3,(H2,28,30,36)/b22-16-. The third-order valence-electron chi connectivity index (χ3n) is 5.17. The van der Waals surface area contributed by atoms with E-state index in [2.05, 4.69) is 20.5 Å². The Bertz CT molecular complexity index is 1350. The van der Waals surface area contributed by atoms with Gasteiger partial charge < -0.3 is 14.8 Å². The number of ether oxygens (including phenoxy) is 2. The molecule has 3 aromatic carbocycles. The number of para-hydroxylation sites is 1. The number of anilines is 1. The van der Waals surface area contributed by atoms with Crippen molar-refractivity contribution < 1.29 is 19.1 Å². The number of amides is 1. The second kappa shape index (κ2) is 11.3. The van der Waals surface area contributed by atoms with Gasteiger partial charge in [0.25, 0.3) is 5.91 Å². The average molecular weight is 501 g/mol. The van der Waals surface area contributed by atoms with Crippen LogP contribution in [0.2, 0.25) is 0 Å². The summed E-state index contributed by atoms with van der Waals surface area (Å²) in [6.45, 7) is 1.73. The van der Waals surface area contributed by atoms with Crippen molar-refractivity contribution in [2.24, 2.45) is 4.99 Å². The summed E-state index contributed by atoms with van der Waals surface area (Å²) in [5.41, 5.74) is 6.33. The number of aliphatic imine (C=N–C) groups is 1. The van der Waals surface area contributed by atoms with Gasteiger partial charge in [-0.25, -0.2) is 9.79 Å². The molecule has 4 rings (SSSR count). The lowest BCUT2D eigenvalue weighted by Gasteiger charge is -2.21. The van der Waals surface area contributed by atoms with Crippen LogP contribution in [-0.2, 0) is 14.3 Å². The maximum absolute atomic E-state index is 13.4. The molecule has 1 aliphatic heterocycles. The lowest BCUT2D eigenvalue weighted by Crippen LogP contribution is -2.48. The SMILES string of the molecule is COC(=O)COc1ccccc1/C=C1\N=C(c2ccccc2)N(NC(=S)Nc2cccc(C)c2)C1=O. The monoisotopic (exact) mass is 500 g/mol. The van der Waals surface area contributed by atoms with Crippen LogP contribution in [0.5, 0.6) is 5.75 Å². The molecule has 1 aliphatic rings. The highest BCUT2D eigenvalue weighted by atomic mass is 32.1. The molecule has 0 saturated carbocycles. The molecule has 0 saturated heterocycles. The van der Waals surface area contributed by atoms with E-state index < -0.39 is 11.9 Å². The summed E-state index contributed by atoms with van der Waals surface area (Å²) in [6.07, 6.45) is 1.61. The molecular weight excluding hydrogens is 476 g/mol. The molecule has 0 spiro atoms. The van der Waals surface area contributed by atoms with E-state index in [1.165, 1.54) is 12.1 Å². The number of methoxy groups -OCH3 is 1. The van der Waals surface area contributed by atoms with E-state index in [4.69, 9.17) is 17.0 Å². The Morgan fingerprint density at radius 1 is 1.06 bits per heavy atom. The fourth-order valence-corrected chi connectivity index (χ4v) is 3.67. The maximum Gasteiger partial charge on any atom is 0.343 e. The number of carbonyl (C=O) groups is 2. The van der Waals surface area contributed by atoms with Crippen LogP contribution in [0.15, 0.2) is 89.6 Å². The highest BCUT2D eigenvalue weighted by Gasteiger charge is 2.32. The van der Waals surface area contributed by atoms with Crippen LogP contribution in [0.4, 0.5) is 5.69 Å². The number of amidine groups is 1. The van der Waals surface area contributed by atoms with E-state index in [1.54, 1.807) is 30.3 Å². The molecular formula is C27H24N4O4S. The first-order valence-electron chi connectivity index (χ1n) is 11.1. The van der Waals surface area contributed by atoms with E-state index in [9.17, 15) is 9.59 Å². The number of hydrogen-bond acceptors (Lipinski definition) is 6. The maximum atomic E-state index is 13.4. The summed E-state index contributed by atoms with van der Waals surface area (Å²) in [4.78, 5) is 29.6. The number of nitrogens with zero attached hydrogens (tertiary/aromatic N) is 2. The minimum absolute atomic E-state index is 0.175. The first kappa shape index (κ1) is 24.6. The first-order valence-corrected chi connectivity index (χ1v) is 11.5. The van der Waals surface area contributed by atoms with Gasteiger partial charge in [0, 0.05) is 16.8 Å². The third kappa shape index (κ3) is 5.94. The Kier molecular flexibility index (Phi) is 7.72. The molecule has 3 aromatic rings. The number of hydrogen-bond donors (Lipinski definition) is 2. The zero-order valence-corrected chi connectivity index (χ0v) is 20.5. The van der Waals surface area contributed by atoms with Crippen LogP contribution in [0.25, 0.3) is 6.08 Å². The number of rotatable bonds is 7. The molecule has 182 valence electrons. The predicted octanol–water partition coefficient (Wildman–Crippen LogP) is 4.08. The van der Waals surface area contributed by atoms with Crippen LogP contribution in [0.3, 0.4) is 0 Å². The molecule has 2 N–H and O–H groups in total. The van der Waals surface area contributed by atoms with Gasteiger partial charge in [-0.15, -0.1) is 0 Å². The van der Waals surface area contributed by atoms with E-state index in [0.29, 0.717) is 17.1 Å². The van der Waals surface area contributed by atoms with Crippen LogP contribution in [0.1, 0.15) is 16.7 Å². The molecule has 8 nitrogen and oxygen atoms in total. The number of aryl methyl sites for hydroxylation is 1. The Balaban J connectivity index is 1.62. The molecule has 0 bridgehead atoms. The van der Waals surface area contributed by atoms with Gasteiger partial charge >= 0.3 is 5.97 Å². The predicted molar refractivity (Wildman–Crippen MR) is 142 cm³/mol. The summed E-state index contributed by atoms with van der Waals surface area (Å²) in [5.74, 6) is -0.0929. The van der Waals surface area contributed by atoms with Crippen LogP contribution >= 0.6 is 12.2 Å². The average Bonchev–Trinajstić information content (AvgIpc) is 3.18. The van der Waals surface area contributed by atoms with Crippen molar-refractivity contribution in [2.75, 3.05) is 19.0 Å². The fraction of sp³-hybridized carbons (Fsp3) is 0.111. The first-order chi connectivity index (χ1) is 17.4. The number of carbonyl (C=O) groups excluding carboxylic acids is 2. The summed E-state index contributed by atoms with van der Waals surface area (Å²) in [5, 5.41) is 4.64. The number of esters is 1. The summed E-state index contributed by atoms with van der Waals surface area (Å²) >= 11 is 5.48. The third-order valence-corrected chi connectivity index (χ3v) is 5.36. The van der Waals surface area contributed by atoms with E-state index in [-0.39, 0.29) is 17.4 Å². The lowest BCUT2D eigenvalue weighted by molar-refractivity contribution is -0.142. The molecule has 0 fully saturated rings.